The lowest BCUT2D eigenvalue weighted by atomic mass is 9.98. The lowest BCUT2D eigenvalue weighted by molar-refractivity contribution is -0.142. The van der Waals surface area contributed by atoms with Crippen LogP contribution in [0.5, 0.6) is 0 Å². The van der Waals surface area contributed by atoms with Crippen molar-refractivity contribution in [2.75, 3.05) is 6.26 Å². The summed E-state index contributed by atoms with van der Waals surface area (Å²) in [5.74, 6) is -0.581. The molecule has 0 atom stereocenters. The van der Waals surface area contributed by atoms with Gasteiger partial charge in [-0.15, -0.1) is 0 Å². The molecule has 9 heteroatoms. The number of hydrogen-bond acceptors (Lipinski definition) is 3. The minimum atomic E-state index is -4.73. The predicted molar refractivity (Wildman–Crippen MR) is 102 cm³/mol. The Bertz CT molecular complexity index is 1160. The van der Waals surface area contributed by atoms with E-state index in [2.05, 4.69) is 5.10 Å². The van der Waals surface area contributed by atoms with Crippen LogP contribution in [0, 0.1) is 5.82 Å². The van der Waals surface area contributed by atoms with Gasteiger partial charge in [-0.1, -0.05) is 30.3 Å². The molecule has 2 aromatic carbocycles. The largest absolute Gasteiger partial charge is 0.434 e. The number of benzene rings is 2. The number of sulfone groups is 1. The van der Waals surface area contributed by atoms with Crippen LogP contribution in [0.15, 0.2) is 59.5 Å². The van der Waals surface area contributed by atoms with Crippen molar-refractivity contribution < 1.29 is 26.0 Å². The lowest BCUT2D eigenvalue weighted by Crippen LogP contribution is -2.12. The third-order valence-corrected chi connectivity index (χ3v) is 5.29. The average Bonchev–Trinajstić information content (AvgIpc) is 3.02. The molecule has 0 radical (unpaired) electrons. The molecular formula is C20H16F4N2O2S. The predicted octanol–water partition coefficient (Wildman–Crippen LogP) is 5.27. The third kappa shape index (κ3) is 4.24. The number of halogens is 4. The smallest absolute Gasteiger partial charge is 0.235 e. The molecule has 0 saturated carbocycles. The first kappa shape index (κ1) is 20.8. The molecule has 0 spiro atoms. The molecule has 0 amide bonds. The first-order chi connectivity index (χ1) is 13.5. The van der Waals surface area contributed by atoms with Crippen molar-refractivity contribution >= 4 is 16.0 Å². The SMILES string of the molecule is CC=Cn1nc(-c2ccc(S(C)(=O)=O)cc2)c(-c2ccc(F)cc2)c1C(F)(F)F. The molecule has 4 nitrogen and oxygen atoms in total. The quantitative estimate of drug-likeness (QED) is 0.536. The van der Waals surface area contributed by atoms with Crippen molar-refractivity contribution in [1.29, 1.82) is 0 Å². The Morgan fingerprint density at radius 2 is 1.52 bits per heavy atom. The fourth-order valence-electron chi connectivity index (χ4n) is 2.91. The van der Waals surface area contributed by atoms with Gasteiger partial charge >= 0.3 is 6.18 Å². The number of aromatic nitrogens is 2. The van der Waals surface area contributed by atoms with Crippen LogP contribution in [0.1, 0.15) is 12.6 Å². The van der Waals surface area contributed by atoms with Crippen LogP contribution in [0.2, 0.25) is 0 Å². The second-order valence-corrected chi connectivity index (χ2v) is 8.32. The first-order valence-corrected chi connectivity index (χ1v) is 10.3. The molecule has 3 rings (SSSR count). The van der Waals surface area contributed by atoms with E-state index >= 15 is 0 Å². The van der Waals surface area contributed by atoms with E-state index < -0.39 is 27.5 Å². The Labute approximate surface area is 165 Å². The van der Waals surface area contributed by atoms with Crippen LogP contribution in [0.25, 0.3) is 28.6 Å². The Morgan fingerprint density at radius 1 is 0.966 bits per heavy atom. The Balaban J connectivity index is 2.32. The van der Waals surface area contributed by atoms with Crippen molar-refractivity contribution in [2.45, 2.75) is 18.0 Å². The average molecular weight is 424 g/mol. The Kier molecular flexibility index (Phi) is 5.36. The van der Waals surface area contributed by atoms with Crippen LogP contribution in [-0.2, 0) is 16.0 Å². The molecule has 152 valence electrons. The summed E-state index contributed by atoms with van der Waals surface area (Å²) in [6.45, 7) is 1.56. The van der Waals surface area contributed by atoms with E-state index in [1.807, 2.05) is 0 Å². The topological polar surface area (TPSA) is 52.0 Å². The fraction of sp³-hybridized carbons (Fsp3) is 0.150. The van der Waals surface area contributed by atoms with Gasteiger partial charge in [0.1, 0.15) is 11.5 Å². The second kappa shape index (κ2) is 7.47. The summed E-state index contributed by atoms with van der Waals surface area (Å²) >= 11 is 0. The van der Waals surface area contributed by atoms with Gasteiger partial charge in [0.05, 0.1) is 4.90 Å². The van der Waals surface area contributed by atoms with E-state index in [9.17, 15) is 26.0 Å². The minimum absolute atomic E-state index is 0.00193. The fourth-order valence-corrected chi connectivity index (χ4v) is 3.54. The summed E-state index contributed by atoms with van der Waals surface area (Å²) in [4.78, 5) is 0.0357. The molecular weight excluding hydrogens is 408 g/mol. The van der Waals surface area contributed by atoms with E-state index in [1.165, 1.54) is 48.7 Å². The van der Waals surface area contributed by atoms with Crippen LogP contribution >= 0.6 is 0 Å². The van der Waals surface area contributed by atoms with Gasteiger partial charge in [-0.2, -0.15) is 18.3 Å². The summed E-state index contributed by atoms with van der Waals surface area (Å²) in [6.07, 6.45) is -1.12. The molecule has 29 heavy (non-hydrogen) atoms. The maximum atomic E-state index is 13.9. The molecule has 0 unspecified atom stereocenters. The minimum Gasteiger partial charge on any atom is -0.235 e. The molecule has 0 aliphatic carbocycles. The van der Waals surface area contributed by atoms with Crippen LogP contribution in [0.3, 0.4) is 0 Å². The van der Waals surface area contributed by atoms with Gasteiger partial charge in [-0.25, -0.2) is 17.5 Å². The summed E-state index contributed by atoms with van der Waals surface area (Å²) in [5.41, 5.74) is -0.795. The van der Waals surface area contributed by atoms with Crippen LogP contribution < -0.4 is 0 Å². The summed E-state index contributed by atoms with van der Waals surface area (Å²) in [6, 6.07) is 10.0. The third-order valence-electron chi connectivity index (χ3n) is 4.16. The molecule has 1 aromatic heterocycles. The molecule has 0 bridgehead atoms. The van der Waals surface area contributed by atoms with Crippen LogP contribution in [0.4, 0.5) is 17.6 Å². The van der Waals surface area contributed by atoms with Crippen molar-refractivity contribution in [1.82, 2.24) is 9.78 Å². The van der Waals surface area contributed by atoms with Gasteiger partial charge in [0.2, 0.25) is 0 Å². The van der Waals surface area contributed by atoms with Gasteiger partial charge in [0, 0.05) is 23.6 Å². The molecule has 0 N–H and O–H groups in total. The highest BCUT2D eigenvalue weighted by molar-refractivity contribution is 7.90. The zero-order valence-corrected chi connectivity index (χ0v) is 16.2. The molecule has 0 aliphatic rings. The number of rotatable bonds is 4. The zero-order chi connectivity index (χ0) is 21.4. The van der Waals surface area contributed by atoms with E-state index in [-0.39, 0.29) is 21.7 Å². The Hall–Kier alpha value is -2.94. The van der Waals surface area contributed by atoms with Crippen molar-refractivity contribution in [2.24, 2.45) is 0 Å². The van der Waals surface area contributed by atoms with Crippen molar-refractivity contribution in [3.63, 3.8) is 0 Å². The van der Waals surface area contributed by atoms with Gasteiger partial charge in [-0.05, 0) is 36.8 Å². The van der Waals surface area contributed by atoms with Gasteiger partial charge in [-0.3, -0.25) is 0 Å². The molecule has 1 heterocycles. The zero-order valence-electron chi connectivity index (χ0n) is 15.4. The summed E-state index contributed by atoms with van der Waals surface area (Å²) in [5, 5.41) is 4.09. The summed E-state index contributed by atoms with van der Waals surface area (Å²) in [7, 11) is -3.46. The normalized spacial score (nSPS) is 12.6. The van der Waals surface area contributed by atoms with Gasteiger partial charge in [0.25, 0.3) is 0 Å². The van der Waals surface area contributed by atoms with Gasteiger partial charge in [0.15, 0.2) is 15.5 Å². The first-order valence-electron chi connectivity index (χ1n) is 8.41. The lowest BCUT2D eigenvalue weighted by Gasteiger charge is -2.11. The van der Waals surface area contributed by atoms with Crippen LogP contribution in [-0.4, -0.2) is 24.5 Å². The van der Waals surface area contributed by atoms with Crippen molar-refractivity contribution in [3.8, 4) is 22.4 Å². The standard InChI is InChI=1S/C20H16F4N2O2S/c1-3-12-26-19(20(22,23)24)17(13-4-8-15(21)9-5-13)18(25-26)14-6-10-16(11-7-14)29(2,27)28/h3-12H,1-2H3. The monoisotopic (exact) mass is 424 g/mol. The van der Waals surface area contributed by atoms with Crippen molar-refractivity contribution in [3.05, 3.63) is 66.1 Å². The highest BCUT2D eigenvalue weighted by atomic mass is 32.2. The number of nitrogens with zero attached hydrogens (tertiary/aromatic N) is 2. The Morgan fingerprint density at radius 3 is 2.00 bits per heavy atom. The number of alkyl halides is 3. The molecule has 0 aliphatic heterocycles. The van der Waals surface area contributed by atoms with E-state index in [4.69, 9.17) is 0 Å². The molecule has 0 saturated heterocycles. The molecule has 3 aromatic rings. The number of hydrogen-bond donors (Lipinski definition) is 0. The van der Waals surface area contributed by atoms with E-state index in [0.29, 0.717) is 5.56 Å². The maximum absolute atomic E-state index is 13.9. The van der Waals surface area contributed by atoms with Gasteiger partial charge < -0.3 is 0 Å². The number of allylic oxidation sites excluding steroid dienone is 1. The van der Waals surface area contributed by atoms with E-state index in [1.54, 1.807) is 6.92 Å². The van der Waals surface area contributed by atoms with E-state index in [0.717, 1.165) is 23.1 Å². The highest BCUT2D eigenvalue weighted by Gasteiger charge is 2.40. The summed E-state index contributed by atoms with van der Waals surface area (Å²) < 4.78 is 79.1. The highest BCUT2D eigenvalue weighted by Crippen LogP contribution is 2.43. The maximum Gasteiger partial charge on any atom is 0.434 e. The second-order valence-electron chi connectivity index (χ2n) is 6.30. The molecule has 0 fully saturated rings.